The van der Waals surface area contributed by atoms with E-state index in [-0.39, 0.29) is 12.2 Å². The molecule has 100 valence electrons. The summed E-state index contributed by atoms with van der Waals surface area (Å²) >= 11 is 0. The molecule has 0 aliphatic heterocycles. The van der Waals surface area contributed by atoms with Crippen molar-refractivity contribution in [2.75, 3.05) is 0 Å². The Labute approximate surface area is 108 Å². The SMILES string of the molecule is O=C(O)CCCn1nnnc1Cc1ccc(F)cc1. The summed E-state index contributed by atoms with van der Waals surface area (Å²) in [4.78, 5) is 10.4. The summed E-state index contributed by atoms with van der Waals surface area (Å²) in [7, 11) is 0. The van der Waals surface area contributed by atoms with Gasteiger partial charge >= 0.3 is 5.97 Å². The van der Waals surface area contributed by atoms with Gasteiger partial charge in [0.15, 0.2) is 5.82 Å². The number of tetrazole rings is 1. The topological polar surface area (TPSA) is 80.9 Å². The average molecular weight is 264 g/mol. The highest BCUT2D eigenvalue weighted by atomic mass is 19.1. The number of carboxylic acids is 1. The molecular formula is C12H13FN4O2. The number of carbonyl (C=O) groups is 1. The standard InChI is InChI=1S/C12H13FN4O2/c13-10-5-3-9(4-6-10)8-11-14-15-16-17(11)7-1-2-12(18)19/h3-6H,1-2,7-8H2,(H,18,19). The minimum atomic E-state index is -0.840. The summed E-state index contributed by atoms with van der Waals surface area (Å²) in [5.41, 5.74) is 0.899. The molecule has 2 aromatic rings. The zero-order valence-electron chi connectivity index (χ0n) is 10.2. The highest BCUT2D eigenvalue weighted by Crippen LogP contribution is 2.08. The number of aromatic nitrogens is 4. The average Bonchev–Trinajstić information content (AvgIpc) is 2.79. The third-order valence-corrected chi connectivity index (χ3v) is 2.64. The predicted molar refractivity (Wildman–Crippen MR) is 63.9 cm³/mol. The van der Waals surface area contributed by atoms with Crippen LogP contribution in [0.25, 0.3) is 0 Å². The van der Waals surface area contributed by atoms with E-state index in [2.05, 4.69) is 15.5 Å². The Morgan fingerprint density at radius 3 is 2.74 bits per heavy atom. The fourth-order valence-corrected chi connectivity index (χ4v) is 1.69. The molecule has 0 saturated carbocycles. The Bertz CT molecular complexity index is 553. The second kappa shape index (κ2) is 6.03. The van der Waals surface area contributed by atoms with Crippen molar-refractivity contribution >= 4 is 5.97 Å². The van der Waals surface area contributed by atoms with Crippen molar-refractivity contribution < 1.29 is 14.3 Å². The van der Waals surface area contributed by atoms with Gasteiger partial charge in [-0.15, -0.1) is 5.10 Å². The van der Waals surface area contributed by atoms with Gasteiger partial charge in [-0.25, -0.2) is 9.07 Å². The fraction of sp³-hybridized carbons (Fsp3) is 0.333. The van der Waals surface area contributed by atoms with Crippen molar-refractivity contribution in [1.82, 2.24) is 20.2 Å². The summed E-state index contributed by atoms with van der Waals surface area (Å²) in [6, 6.07) is 6.11. The van der Waals surface area contributed by atoms with Crippen LogP contribution < -0.4 is 0 Å². The molecule has 1 aromatic heterocycles. The molecule has 1 N–H and O–H groups in total. The van der Waals surface area contributed by atoms with E-state index in [0.29, 0.717) is 25.2 Å². The molecule has 2 rings (SSSR count). The highest BCUT2D eigenvalue weighted by molar-refractivity contribution is 5.66. The lowest BCUT2D eigenvalue weighted by atomic mass is 10.1. The van der Waals surface area contributed by atoms with E-state index < -0.39 is 5.97 Å². The van der Waals surface area contributed by atoms with E-state index in [4.69, 9.17) is 5.11 Å². The van der Waals surface area contributed by atoms with Crippen LogP contribution in [0.3, 0.4) is 0 Å². The van der Waals surface area contributed by atoms with Crippen LogP contribution in [0.4, 0.5) is 4.39 Å². The van der Waals surface area contributed by atoms with Crippen molar-refractivity contribution in [3.05, 3.63) is 41.5 Å². The molecule has 6 nitrogen and oxygen atoms in total. The number of benzene rings is 1. The number of hydrogen-bond acceptors (Lipinski definition) is 4. The zero-order chi connectivity index (χ0) is 13.7. The second-order valence-electron chi connectivity index (χ2n) is 4.12. The molecule has 0 radical (unpaired) electrons. The van der Waals surface area contributed by atoms with Crippen molar-refractivity contribution in [2.45, 2.75) is 25.8 Å². The normalized spacial score (nSPS) is 10.6. The van der Waals surface area contributed by atoms with Crippen LogP contribution >= 0.6 is 0 Å². The quantitative estimate of drug-likeness (QED) is 0.849. The van der Waals surface area contributed by atoms with E-state index in [0.717, 1.165) is 5.56 Å². The Morgan fingerprint density at radius 1 is 1.32 bits per heavy atom. The predicted octanol–water partition coefficient (Wildman–Crippen LogP) is 1.27. The van der Waals surface area contributed by atoms with Gasteiger partial charge in [-0.1, -0.05) is 12.1 Å². The molecule has 0 unspecified atom stereocenters. The molecule has 7 heteroatoms. The first-order chi connectivity index (χ1) is 9.15. The van der Waals surface area contributed by atoms with Gasteiger partial charge in [0.1, 0.15) is 5.82 Å². The van der Waals surface area contributed by atoms with Crippen LogP contribution in [-0.4, -0.2) is 31.3 Å². The third-order valence-electron chi connectivity index (χ3n) is 2.64. The van der Waals surface area contributed by atoms with Crippen LogP contribution in [0, 0.1) is 5.82 Å². The number of halogens is 1. The minimum Gasteiger partial charge on any atom is -0.481 e. The third kappa shape index (κ3) is 3.84. The number of nitrogens with zero attached hydrogens (tertiary/aromatic N) is 4. The zero-order valence-corrected chi connectivity index (χ0v) is 10.2. The molecule has 0 aliphatic rings. The lowest BCUT2D eigenvalue weighted by Gasteiger charge is -2.03. The van der Waals surface area contributed by atoms with Crippen LogP contribution in [0.2, 0.25) is 0 Å². The number of aryl methyl sites for hydroxylation is 1. The molecule has 0 saturated heterocycles. The minimum absolute atomic E-state index is 0.0792. The van der Waals surface area contributed by atoms with Gasteiger partial charge < -0.3 is 5.11 Å². The molecule has 0 atom stereocenters. The van der Waals surface area contributed by atoms with Gasteiger partial charge in [-0.05, 0) is 34.5 Å². The van der Waals surface area contributed by atoms with Gasteiger partial charge in [-0.3, -0.25) is 4.79 Å². The number of rotatable bonds is 6. The van der Waals surface area contributed by atoms with Crippen molar-refractivity contribution in [1.29, 1.82) is 0 Å². The van der Waals surface area contributed by atoms with E-state index in [1.54, 1.807) is 16.8 Å². The largest absolute Gasteiger partial charge is 0.481 e. The molecule has 0 bridgehead atoms. The molecular weight excluding hydrogens is 251 g/mol. The summed E-state index contributed by atoms with van der Waals surface area (Å²) in [6.45, 7) is 0.454. The summed E-state index contributed by atoms with van der Waals surface area (Å²) in [5.74, 6) is -0.491. The van der Waals surface area contributed by atoms with E-state index >= 15 is 0 Å². The number of aliphatic carboxylic acids is 1. The van der Waals surface area contributed by atoms with Crippen LogP contribution in [0.1, 0.15) is 24.2 Å². The Kier molecular flexibility index (Phi) is 4.17. The van der Waals surface area contributed by atoms with E-state index in [9.17, 15) is 9.18 Å². The van der Waals surface area contributed by atoms with Crippen LogP contribution in [-0.2, 0) is 17.8 Å². The molecule has 1 aromatic carbocycles. The Morgan fingerprint density at radius 2 is 2.05 bits per heavy atom. The summed E-state index contributed by atoms with van der Waals surface area (Å²) < 4.78 is 14.4. The van der Waals surface area contributed by atoms with Gasteiger partial charge in [-0.2, -0.15) is 0 Å². The van der Waals surface area contributed by atoms with Gasteiger partial charge in [0.25, 0.3) is 0 Å². The molecule has 0 fully saturated rings. The van der Waals surface area contributed by atoms with Gasteiger partial charge in [0, 0.05) is 19.4 Å². The Hall–Kier alpha value is -2.31. The first-order valence-electron chi connectivity index (χ1n) is 5.86. The second-order valence-corrected chi connectivity index (χ2v) is 4.12. The van der Waals surface area contributed by atoms with Gasteiger partial charge in [0.05, 0.1) is 0 Å². The summed E-state index contributed by atoms with van der Waals surface area (Å²) in [6.07, 6.45) is 1.03. The number of carboxylic acid groups (broad SMARTS) is 1. The smallest absolute Gasteiger partial charge is 0.303 e. The molecule has 0 aliphatic carbocycles. The molecule has 0 amide bonds. The van der Waals surface area contributed by atoms with Crippen molar-refractivity contribution in [2.24, 2.45) is 0 Å². The monoisotopic (exact) mass is 264 g/mol. The maximum atomic E-state index is 12.8. The fourth-order valence-electron chi connectivity index (χ4n) is 1.69. The molecule has 0 spiro atoms. The van der Waals surface area contributed by atoms with E-state index in [1.807, 2.05) is 0 Å². The Balaban J connectivity index is 1.99. The first kappa shape index (κ1) is 13.1. The maximum Gasteiger partial charge on any atom is 0.303 e. The van der Waals surface area contributed by atoms with Crippen molar-refractivity contribution in [3.63, 3.8) is 0 Å². The lowest BCUT2D eigenvalue weighted by molar-refractivity contribution is -0.137. The van der Waals surface area contributed by atoms with E-state index in [1.165, 1.54) is 12.1 Å². The summed E-state index contributed by atoms with van der Waals surface area (Å²) in [5, 5.41) is 19.9. The van der Waals surface area contributed by atoms with Crippen LogP contribution in [0.15, 0.2) is 24.3 Å². The highest BCUT2D eigenvalue weighted by Gasteiger charge is 2.08. The lowest BCUT2D eigenvalue weighted by Crippen LogP contribution is -2.08. The first-order valence-corrected chi connectivity index (χ1v) is 5.86. The molecule has 19 heavy (non-hydrogen) atoms. The molecule has 1 heterocycles. The van der Waals surface area contributed by atoms with Gasteiger partial charge in [0.2, 0.25) is 0 Å². The van der Waals surface area contributed by atoms with Crippen LogP contribution in [0.5, 0.6) is 0 Å². The van der Waals surface area contributed by atoms with Crippen molar-refractivity contribution in [3.8, 4) is 0 Å². The number of hydrogen-bond donors (Lipinski definition) is 1. The maximum absolute atomic E-state index is 12.8.